The van der Waals surface area contributed by atoms with Gasteiger partial charge in [0.05, 0.1) is 5.69 Å². The van der Waals surface area contributed by atoms with E-state index in [-0.39, 0.29) is 0 Å². The Labute approximate surface area is 48.7 Å². The molecule has 0 atom stereocenters. The second kappa shape index (κ2) is 1.78. The SMILES string of the molecule is C=C.c1cc2cc-2n1. The molecule has 1 heterocycles. The van der Waals surface area contributed by atoms with Crippen LogP contribution in [-0.4, -0.2) is 4.98 Å². The molecule has 0 saturated carbocycles. The van der Waals surface area contributed by atoms with Gasteiger partial charge in [-0.1, -0.05) is 0 Å². The third-order valence-corrected chi connectivity index (χ3v) is 0.972. The zero-order valence-electron chi connectivity index (χ0n) is 4.59. The molecule has 0 aromatic carbocycles. The number of pyridine rings is 1. The van der Waals surface area contributed by atoms with Gasteiger partial charge >= 0.3 is 0 Å². The third kappa shape index (κ3) is 0.624. The first kappa shape index (κ1) is 5.04. The zero-order chi connectivity index (χ0) is 5.98. The first-order chi connectivity index (χ1) is 3.97. The summed E-state index contributed by atoms with van der Waals surface area (Å²) in [5.41, 5.74) is 2.49. The summed E-state index contributed by atoms with van der Waals surface area (Å²) in [6, 6.07) is 4.06. The topological polar surface area (TPSA) is 12.9 Å². The molecule has 0 amide bonds. The van der Waals surface area contributed by atoms with Gasteiger partial charge < -0.3 is 0 Å². The molecule has 0 N–H and O–H groups in total. The normalized spacial score (nSPS) is 9.00. The van der Waals surface area contributed by atoms with E-state index in [0.717, 1.165) is 0 Å². The van der Waals surface area contributed by atoms with Gasteiger partial charge in [0.25, 0.3) is 0 Å². The van der Waals surface area contributed by atoms with Gasteiger partial charge in [0.2, 0.25) is 0 Å². The van der Waals surface area contributed by atoms with Crippen LogP contribution < -0.4 is 0 Å². The van der Waals surface area contributed by atoms with Crippen LogP contribution in [0.1, 0.15) is 0 Å². The van der Waals surface area contributed by atoms with E-state index in [0.29, 0.717) is 0 Å². The molecule has 0 unspecified atom stereocenters. The molecule has 8 heavy (non-hydrogen) atoms. The highest BCUT2D eigenvalue weighted by Crippen LogP contribution is 2.29. The largest absolute Gasteiger partial charge is 0.256 e. The van der Waals surface area contributed by atoms with Crippen molar-refractivity contribution in [1.29, 1.82) is 0 Å². The van der Waals surface area contributed by atoms with Crippen LogP contribution >= 0.6 is 0 Å². The van der Waals surface area contributed by atoms with E-state index in [1.165, 1.54) is 11.3 Å². The second-order valence-corrected chi connectivity index (χ2v) is 1.43. The van der Waals surface area contributed by atoms with Crippen molar-refractivity contribution in [2.45, 2.75) is 0 Å². The van der Waals surface area contributed by atoms with Gasteiger partial charge in [-0.3, -0.25) is 4.98 Å². The van der Waals surface area contributed by atoms with Gasteiger partial charge in [-0.15, -0.1) is 13.2 Å². The Balaban J connectivity index is 0.000000147. The molecule has 40 valence electrons. The Morgan fingerprint density at radius 3 is 2.25 bits per heavy atom. The number of hydrogen-bond donors (Lipinski definition) is 0. The smallest absolute Gasteiger partial charge is 0.0710 e. The third-order valence-electron chi connectivity index (χ3n) is 0.972. The molecule has 1 heteroatoms. The van der Waals surface area contributed by atoms with E-state index < -0.39 is 0 Å². The van der Waals surface area contributed by atoms with Crippen LogP contribution in [0, 0.1) is 0 Å². The number of nitrogens with zero attached hydrogens (tertiary/aromatic N) is 1. The molecule has 0 saturated heterocycles. The minimum absolute atomic E-state index is 1.18. The molecule has 2 aliphatic rings. The highest BCUT2D eigenvalue weighted by molar-refractivity contribution is 5.75. The van der Waals surface area contributed by atoms with E-state index >= 15 is 0 Å². The lowest BCUT2D eigenvalue weighted by atomic mass is 10.6. The highest BCUT2D eigenvalue weighted by atomic mass is 14.7. The van der Waals surface area contributed by atoms with Crippen LogP contribution in [0.5, 0.6) is 0 Å². The van der Waals surface area contributed by atoms with Crippen molar-refractivity contribution >= 4 is 0 Å². The fourth-order valence-corrected chi connectivity index (χ4v) is 0.554. The molecule has 1 aliphatic heterocycles. The maximum atomic E-state index is 3.95. The van der Waals surface area contributed by atoms with Crippen LogP contribution in [0.4, 0.5) is 0 Å². The van der Waals surface area contributed by atoms with E-state index in [2.05, 4.69) is 24.2 Å². The Bertz CT molecular complexity index is 176. The maximum Gasteiger partial charge on any atom is 0.0710 e. The van der Waals surface area contributed by atoms with Crippen LogP contribution in [0.15, 0.2) is 31.5 Å². The van der Waals surface area contributed by atoms with Crippen LogP contribution in [0.2, 0.25) is 0 Å². The Hall–Kier alpha value is -1.11. The van der Waals surface area contributed by atoms with E-state index in [4.69, 9.17) is 0 Å². The molecule has 0 spiro atoms. The van der Waals surface area contributed by atoms with Crippen molar-refractivity contribution < 1.29 is 0 Å². The molecule has 1 aliphatic carbocycles. The molecule has 0 radical (unpaired) electrons. The van der Waals surface area contributed by atoms with Crippen LogP contribution in [-0.2, 0) is 0 Å². The number of fused-ring (bicyclic) bond motifs is 1. The highest BCUT2D eigenvalue weighted by Gasteiger charge is 2.09. The Morgan fingerprint density at radius 2 is 2.12 bits per heavy atom. The van der Waals surface area contributed by atoms with Gasteiger partial charge in [0.15, 0.2) is 0 Å². The molecule has 2 rings (SSSR count). The fraction of sp³-hybridized carbons (Fsp3) is 0. The Kier molecular flexibility index (Phi) is 1.12. The summed E-state index contributed by atoms with van der Waals surface area (Å²) in [6.07, 6.45) is 1.82. The van der Waals surface area contributed by atoms with Gasteiger partial charge in [-0.2, -0.15) is 0 Å². The minimum Gasteiger partial charge on any atom is -0.256 e. The summed E-state index contributed by atoms with van der Waals surface area (Å²) in [4.78, 5) is 3.95. The summed E-state index contributed by atoms with van der Waals surface area (Å²) < 4.78 is 0. The molecule has 0 aromatic rings. The summed E-state index contributed by atoms with van der Waals surface area (Å²) in [6.45, 7) is 6.00. The minimum atomic E-state index is 1.18. The van der Waals surface area contributed by atoms with Crippen molar-refractivity contribution in [1.82, 2.24) is 4.98 Å². The first-order valence-electron chi connectivity index (χ1n) is 2.43. The zero-order valence-corrected chi connectivity index (χ0v) is 4.59. The lowest BCUT2D eigenvalue weighted by Gasteiger charge is -1.50. The van der Waals surface area contributed by atoms with Gasteiger partial charge in [-0.05, 0) is 12.1 Å². The first-order valence-corrected chi connectivity index (χ1v) is 2.43. The Morgan fingerprint density at radius 1 is 1.38 bits per heavy atom. The molecule has 0 fully saturated rings. The van der Waals surface area contributed by atoms with E-state index in [9.17, 15) is 0 Å². The predicted molar refractivity (Wildman–Crippen MR) is 34.5 cm³/mol. The monoisotopic (exact) mass is 105 g/mol. The molecular weight excluding hydrogens is 98.1 g/mol. The number of aromatic nitrogens is 1. The van der Waals surface area contributed by atoms with Crippen molar-refractivity contribution in [2.24, 2.45) is 0 Å². The summed E-state index contributed by atoms with van der Waals surface area (Å²) >= 11 is 0. The van der Waals surface area contributed by atoms with Crippen LogP contribution in [0.3, 0.4) is 0 Å². The second-order valence-electron chi connectivity index (χ2n) is 1.43. The van der Waals surface area contributed by atoms with E-state index in [1.807, 2.05) is 12.3 Å². The van der Waals surface area contributed by atoms with Gasteiger partial charge in [0, 0.05) is 11.8 Å². The van der Waals surface area contributed by atoms with E-state index in [1.54, 1.807) is 0 Å². The molecule has 0 bridgehead atoms. The van der Waals surface area contributed by atoms with Crippen LogP contribution in [0.25, 0.3) is 11.3 Å². The van der Waals surface area contributed by atoms with Crippen molar-refractivity contribution in [2.75, 3.05) is 0 Å². The number of rotatable bonds is 0. The number of hydrogen-bond acceptors (Lipinski definition) is 1. The quantitative estimate of drug-likeness (QED) is 0.466. The van der Waals surface area contributed by atoms with Gasteiger partial charge in [0.1, 0.15) is 0 Å². The molecular formula is C7H7N. The summed E-state index contributed by atoms with van der Waals surface area (Å²) in [7, 11) is 0. The maximum absolute atomic E-state index is 3.95. The fourth-order valence-electron chi connectivity index (χ4n) is 0.554. The van der Waals surface area contributed by atoms with Crippen molar-refractivity contribution in [3.05, 3.63) is 31.5 Å². The predicted octanol–water partition coefficient (Wildman–Crippen LogP) is 1.86. The lowest BCUT2D eigenvalue weighted by molar-refractivity contribution is 1.45. The lowest BCUT2D eigenvalue weighted by Crippen LogP contribution is -1.43. The summed E-state index contributed by atoms with van der Waals surface area (Å²) in [5.74, 6) is 0. The average molecular weight is 105 g/mol. The van der Waals surface area contributed by atoms with Crippen molar-refractivity contribution in [3.63, 3.8) is 0 Å². The summed E-state index contributed by atoms with van der Waals surface area (Å²) in [5, 5.41) is 0. The van der Waals surface area contributed by atoms with Crippen molar-refractivity contribution in [3.8, 4) is 11.3 Å². The molecule has 1 nitrogen and oxygen atoms in total. The average Bonchev–Trinajstić information content (AvgIpc) is 2.46. The van der Waals surface area contributed by atoms with Gasteiger partial charge in [-0.25, -0.2) is 0 Å². The standard InChI is InChI=1S/C5H3N.C2H4/c1-2-6-5-3-4(1)5;1-2/h1-3H;1-2H2. The molecule has 0 aromatic heterocycles.